The van der Waals surface area contributed by atoms with Gasteiger partial charge >= 0.3 is 135 Å². The molecule has 0 amide bonds. The molecule has 5 heteroatoms. The van der Waals surface area contributed by atoms with Crippen molar-refractivity contribution >= 4 is 39.6 Å². The molecule has 0 aliphatic rings. The molecule has 0 saturated carbocycles. The van der Waals surface area contributed by atoms with Crippen molar-refractivity contribution in [3.8, 4) is 78.1 Å². The van der Waals surface area contributed by atoms with Crippen LogP contribution in [0.1, 0.15) is 60.3 Å². The van der Waals surface area contributed by atoms with Crippen molar-refractivity contribution in [2.45, 2.75) is 63.7 Å². The number of furan rings is 1. The van der Waals surface area contributed by atoms with E-state index in [9.17, 15) is 0 Å². The van der Waals surface area contributed by atoms with E-state index < -0.39 is 20.1 Å². The zero-order chi connectivity index (χ0) is 52.4. The van der Waals surface area contributed by atoms with E-state index in [1.54, 1.807) is 4.40 Å². The Labute approximate surface area is 452 Å². The van der Waals surface area contributed by atoms with Crippen LogP contribution < -0.4 is 4.40 Å². The van der Waals surface area contributed by atoms with E-state index in [1.165, 1.54) is 28.5 Å². The summed E-state index contributed by atoms with van der Waals surface area (Å²) in [5.74, 6) is 7.62. The summed E-state index contributed by atoms with van der Waals surface area (Å²) in [7, 11) is 0. The summed E-state index contributed by atoms with van der Waals surface area (Å²) < 4.78 is 33.2. The fourth-order valence-corrected chi connectivity index (χ4v) is 12.0. The van der Waals surface area contributed by atoms with Crippen LogP contribution in [0.15, 0.2) is 211 Å². The van der Waals surface area contributed by atoms with Gasteiger partial charge in [-0.2, -0.15) is 0 Å². The molecule has 3 heterocycles. The first kappa shape index (κ1) is 47.1. The fraction of sp³-hybridized carbons (Fsp3) is 0.147. The summed E-state index contributed by atoms with van der Waals surface area (Å²) in [6.45, 7) is 6.32. The molecule has 0 saturated heterocycles. The quantitative estimate of drug-likeness (QED) is 0.101. The van der Waals surface area contributed by atoms with Gasteiger partial charge in [0.05, 0.1) is 5.58 Å². The summed E-state index contributed by atoms with van der Waals surface area (Å²) in [5.41, 5.74) is 18.3. The first-order valence-electron chi connectivity index (χ1n) is 26.4. The van der Waals surface area contributed by atoms with Crippen LogP contribution in [-0.2, 0) is 20.1 Å². The van der Waals surface area contributed by atoms with Gasteiger partial charge in [0.1, 0.15) is 5.58 Å². The zero-order valence-corrected chi connectivity index (χ0v) is 46.9. The van der Waals surface area contributed by atoms with Crippen LogP contribution in [0, 0.1) is 19.0 Å². The summed E-state index contributed by atoms with van der Waals surface area (Å²) in [6.07, 6.45) is 3.47. The van der Waals surface area contributed by atoms with Crippen molar-refractivity contribution in [2.75, 3.05) is 0 Å². The molecule has 0 N–H and O–H groups in total. The zero-order valence-electron chi connectivity index (χ0n) is 45.4. The molecule has 0 unspecified atom stereocenters. The van der Waals surface area contributed by atoms with Gasteiger partial charge in [-0.25, -0.2) is 0 Å². The molecule has 73 heavy (non-hydrogen) atoms. The SMILES string of the molecule is [2H]C([2H])([2H])c1cnc(-c2[c-]ccc3c2oc2ccccc23)cc1-c1c(C(C)C)cc(-c2ccccc2)cc1C(C)C.[CH3][Ge]([CH3])([CH3])[c]1ccc(-c2ccc(-c3ccc(-c4[c-]cc(-c5ccccc5)cc4)nc3)cc2)cc1.[Ir]. The summed E-state index contributed by atoms with van der Waals surface area (Å²) in [6, 6.07) is 74.0. The molecule has 0 fully saturated rings. The number of fused-ring (bicyclic) bond motifs is 3. The number of benzene rings is 8. The minimum Gasteiger partial charge on any atom is 0 e. The van der Waals surface area contributed by atoms with Crippen LogP contribution in [0.4, 0.5) is 0 Å². The van der Waals surface area contributed by atoms with Crippen LogP contribution in [0.2, 0.25) is 17.3 Å². The molecule has 11 rings (SSSR count). The topological polar surface area (TPSA) is 38.9 Å². The summed E-state index contributed by atoms with van der Waals surface area (Å²) in [4.78, 5) is 9.40. The third-order valence-corrected chi connectivity index (χ3v) is 17.9. The summed E-state index contributed by atoms with van der Waals surface area (Å²) >= 11 is -1.77. The fourth-order valence-electron chi connectivity index (χ4n) is 9.52. The Balaban J connectivity index is 0.000000186. The maximum atomic E-state index is 8.44. The van der Waals surface area contributed by atoms with Gasteiger partial charge in [-0.1, -0.05) is 147 Å². The van der Waals surface area contributed by atoms with Crippen molar-refractivity contribution in [3.63, 3.8) is 0 Å². The third-order valence-electron chi connectivity index (χ3n) is 13.6. The van der Waals surface area contributed by atoms with Gasteiger partial charge in [0.15, 0.2) is 0 Å². The molecule has 3 nitrogen and oxygen atoms in total. The van der Waals surface area contributed by atoms with Crippen molar-refractivity contribution in [3.05, 3.63) is 235 Å². The molecule has 0 bridgehead atoms. The van der Waals surface area contributed by atoms with Crippen LogP contribution >= 0.6 is 0 Å². The van der Waals surface area contributed by atoms with Crippen LogP contribution in [0.5, 0.6) is 0 Å². The number of rotatable bonds is 10. The number of pyridine rings is 2. The van der Waals surface area contributed by atoms with Gasteiger partial charge in [-0.05, 0) is 69.4 Å². The Morgan fingerprint density at radius 1 is 0.507 bits per heavy atom. The predicted octanol–water partition coefficient (Wildman–Crippen LogP) is 18.4. The predicted molar refractivity (Wildman–Crippen MR) is 307 cm³/mol. The van der Waals surface area contributed by atoms with Crippen molar-refractivity contribution in [2.24, 2.45) is 0 Å². The van der Waals surface area contributed by atoms with E-state index in [0.717, 1.165) is 72.1 Å². The molecule has 0 aliphatic heterocycles. The minimum atomic E-state index is -2.34. The van der Waals surface area contributed by atoms with E-state index in [0.29, 0.717) is 16.8 Å². The van der Waals surface area contributed by atoms with Crippen molar-refractivity contribution in [1.82, 2.24) is 9.97 Å². The van der Waals surface area contributed by atoms with Gasteiger partial charge in [-0.15, -0.1) is 48.0 Å². The second-order valence-corrected chi connectivity index (χ2v) is 30.9. The van der Waals surface area contributed by atoms with Crippen LogP contribution in [0.25, 0.3) is 100 Å². The molecular formula is C68H60GeIrN2O-2. The van der Waals surface area contributed by atoms with Crippen molar-refractivity contribution in [1.29, 1.82) is 0 Å². The Morgan fingerprint density at radius 2 is 1.05 bits per heavy atom. The van der Waals surface area contributed by atoms with E-state index in [4.69, 9.17) is 13.5 Å². The van der Waals surface area contributed by atoms with Gasteiger partial charge < -0.3 is 9.40 Å². The molecule has 1 radical (unpaired) electrons. The molecular weight excluding hydrogens is 1130 g/mol. The van der Waals surface area contributed by atoms with Crippen LogP contribution in [0.3, 0.4) is 0 Å². The molecule has 11 aromatic rings. The number of hydrogen-bond donors (Lipinski definition) is 0. The number of nitrogens with zero attached hydrogens (tertiary/aromatic N) is 2. The van der Waals surface area contributed by atoms with Crippen molar-refractivity contribution < 1.29 is 28.6 Å². The van der Waals surface area contributed by atoms with Gasteiger partial charge in [0, 0.05) is 35.8 Å². The normalized spacial score (nSPS) is 12.2. The largest absolute Gasteiger partial charge is 0 e. The van der Waals surface area contributed by atoms with E-state index in [-0.39, 0.29) is 37.5 Å². The molecule has 0 spiro atoms. The molecule has 363 valence electrons. The van der Waals surface area contributed by atoms with E-state index >= 15 is 0 Å². The second-order valence-electron chi connectivity index (χ2n) is 20.2. The average molecular weight is 1190 g/mol. The summed E-state index contributed by atoms with van der Waals surface area (Å²) in [5, 5.41) is 2.01. The Morgan fingerprint density at radius 3 is 1.63 bits per heavy atom. The molecule has 0 atom stereocenters. The maximum Gasteiger partial charge on any atom is 0 e. The van der Waals surface area contributed by atoms with Gasteiger partial charge in [0.25, 0.3) is 0 Å². The first-order valence-corrected chi connectivity index (χ1v) is 32.3. The van der Waals surface area contributed by atoms with E-state index in [1.807, 2.05) is 79.0 Å². The number of para-hydroxylation sites is 1. The molecule has 3 aromatic heterocycles. The van der Waals surface area contributed by atoms with Crippen LogP contribution in [-0.4, -0.2) is 23.2 Å². The number of aromatic nitrogens is 2. The Kier molecular flexibility index (Phi) is 14.2. The smallest absolute Gasteiger partial charge is 0 e. The number of aryl methyl sites for hydroxylation is 1. The standard InChI is InChI=1S/C36H32NO.C32H28GeN.Ir/c1-22(2)30-18-26(25-12-7-6-8-13-25)19-31(23(3)4)35(30)32-20-33(37-21-24(32)5)29-16-11-15-28-27-14-9-10-17-34(27)38-36(28)29;1-33(2,3)31-20-17-27(18-21-31)26-9-11-28(12-10-26)30-19-22-32(34-23-30)29-15-13-25(14-16-29)24-7-5-4-6-8-24;/h6-15,17-23H,1-5H3;4-15,17-23H,1-3H3;/q2*-1;/i5D3;;. The van der Waals surface area contributed by atoms with E-state index in [2.05, 4.69) is 183 Å². The maximum absolute atomic E-state index is 8.44. The Hall–Kier alpha value is -6.95. The first-order chi connectivity index (χ1) is 36.1. The van der Waals surface area contributed by atoms with Gasteiger partial charge in [0.2, 0.25) is 0 Å². The second kappa shape index (κ2) is 22.0. The molecule has 0 aliphatic carbocycles. The third kappa shape index (κ3) is 11.0. The Bertz CT molecular complexity index is 3720. The number of hydrogen-bond acceptors (Lipinski definition) is 3. The van der Waals surface area contributed by atoms with Gasteiger partial charge in [-0.3, -0.25) is 0 Å². The minimum absolute atomic E-state index is 0. The molecule has 8 aromatic carbocycles. The average Bonchev–Trinajstić information content (AvgIpc) is 3.82. The monoisotopic (exact) mass is 1190 g/mol.